The zero-order chi connectivity index (χ0) is 11.0. The number of hydrogen-bond acceptors (Lipinski definition) is 3. The maximum atomic E-state index is 11.0. The topological polar surface area (TPSA) is 42.0 Å². The standard InChI is InChI=1S/C13H10N2O/c16-8-10-6-9-7-14-5-3-12(9)13-11(10)2-1-4-15-13/h1-3,5-8,15H,4H2. The first kappa shape index (κ1) is 9.09. The van der Waals surface area contributed by atoms with Crippen molar-refractivity contribution in [1.82, 2.24) is 4.98 Å². The lowest BCUT2D eigenvalue weighted by molar-refractivity contribution is 0.112. The second-order valence-electron chi connectivity index (χ2n) is 3.75. The monoisotopic (exact) mass is 210 g/mol. The number of rotatable bonds is 1. The molecule has 16 heavy (non-hydrogen) atoms. The molecule has 2 heterocycles. The van der Waals surface area contributed by atoms with E-state index in [0.29, 0.717) is 5.56 Å². The lowest BCUT2D eigenvalue weighted by Crippen LogP contribution is -2.07. The van der Waals surface area contributed by atoms with Gasteiger partial charge in [0.15, 0.2) is 6.29 Å². The van der Waals surface area contributed by atoms with Crippen LogP contribution in [0.15, 0.2) is 30.6 Å². The van der Waals surface area contributed by atoms with E-state index >= 15 is 0 Å². The molecule has 1 aliphatic heterocycles. The molecule has 0 amide bonds. The quantitative estimate of drug-likeness (QED) is 0.735. The highest BCUT2D eigenvalue weighted by Gasteiger charge is 2.12. The fourth-order valence-corrected chi connectivity index (χ4v) is 2.09. The molecule has 0 spiro atoms. The predicted molar refractivity (Wildman–Crippen MR) is 64.7 cm³/mol. The largest absolute Gasteiger partial charge is 0.381 e. The van der Waals surface area contributed by atoms with Crippen molar-refractivity contribution in [3.8, 4) is 0 Å². The molecule has 0 saturated heterocycles. The maximum absolute atomic E-state index is 11.0. The minimum atomic E-state index is 0.707. The van der Waals surface area contributed by atoms with E-state index in [2.05, 4.69) is 10.3 Å². The van der Waals surface area contributed by atoms with E-state index in [-0.39, 0.29) is 0 Å². The molecule has 3 rings (SSSR count). The molecule has 3 nitrogen and oxygen atoms in total. The Morgan fingerprint density at radius 2 is 2.38 bits per heavy atom. The molecule has 0 aliphatic carbocycles. The van der Waals surface area contributed by atoms with Crippen molar-refractivity contribution in [2.75, 3.05) is 11.9 Å². The zero-order valence-electron chi connectivity index (χ0n) is 8.60. The molecule has 0 saturated carbocycles. The Balaban J connectivity index is 2.45. The van der Waals surface area contributed by atoms with Gasteiger partial charge in [0.1, 0.15) is 0 Å². The van der Waals surface area contributed by atoms with Crippen LogP contribution in [0.1, 0.15) is 15.9 Å². The van der Waals surface area contributed by atoms with Crippen LogP contribution in [-0.4, -0.2) is 17.8 Å². The fourth-order valence-electron chi connectivity index (χ4n) is 2.09. The lowest BCUT2D eigenvalue weighted by atomic mass is 9.98. The number of nitrogens with zero attached hydrogens (tertiary/aromatic N) is 1. The average molecular weight is 210 g/mol. The summed E-state index contributed by atoms with van der Waals surface area (Å²) in [5.74, 6) is 0. The van der Waals surface area contributed by atoms with Crippen LogP contribution in [0.5, 0.6) is 0 Å². The van der Waals surface area contributed by atoms with E-state index in [0.717, 1.165) is 34.9 Å². The van der Waals surface area contributed by atoms with Gasteiger partial charge in [-0.1, -0.05) is 12.2 Å². The van der Waals surface area contributed by atoms with E-state index in [4.69, 9.17) is 0 Å². The number of fused-ring (bicyclic) bond motifs is 3. The number of carbonyl (C=O) groups excluding carboxylic acids is 1. The third-order valence-corrected chi connectivity index (χ3v) is 2.82. The Hall–Kier alpha value is -2.16. The van der Waals surface area contributed by atoms with Crippen LogP contribution in [0.25, 0.3) is 16.8 Å². The Labute approximate surface area is 92.8 Å². The molecule has 1 N–H and O–H groups in total. The van der Waals surface area contributed by atoms with Crippen LogP contribution in [-0.2, 0) is 0 Å². The minimum absolute atomic E-state index is 0.707. The maximum Gasteiger partial charge on any atom is 0.150 e. The van der Waals surface area contributed by atoms with Crippen molar-refractivity contribution in [2.45, 2.75) is 0 Å². The third kappa shape index (κ3) is 1.21. The summed E-state index contributed by atoms with van der Waals surface area (Å²) in [6, 6.07) is 3.85. The first-order valence-electron chi connectivity index (χ1n) is 5.16. The Bertz CT molecular complexity index is 602. The molecule has 3 heteroatoms. The van der Waals surface area contributed by atoms with Gasteiger partial charge in [0, 0.05) is 40.8 Å². The van der Waals surface area contributed by atoms with E-state index in [1.165, 1.54) is 0 Å². The molecule has 1 aromatic heterocycles. The van der Waals surface area contributed by atoms with Gasteiger partial charge in [0.05, 0.1) is 5.69 Å². The number of pyridine rings is 1. The number of aromatic nitrogens is 1. The van der Waals surface area contributed by atoms with Gasteiger partial charge in [-0.05, 0) is 12.1 Å². The summed E-state index contributed by atoms with van der Waals surface area (Å²) in [7, 11) is 0. The molecule has 78 valence electrons. The van der Waals surface area contributed by atoms with Crippen molar-refractivity contribution in [3.63, 3.8) is 0 Å². The second kappa shape index (κ2) is 3.45. The van der Waals surface area contributed by atoms with Crippen molar-refractivity contribution in [2.24, 2.45) is 0 Å². The van der Waals surface area contributed by atoms with Gasteiger partial charge in [-0.3, -0.25) is 9.78 Å². The second-order valence-corrected chi connectivity index (χ2v) is 3.75. The molecule has 0 fully saturated rings. The highest BCUT2D eigenvalue weighted by molar-refractivity contribution is 6.04. The van der Waals surface area contributed by atoms with Gasteiger partial charge in [0.25, 0.3) is 0 Å². The summed E-state index contributed by atoms with van der Waals surface area (Å²) in [5, 5.41) is 5.41. The van der Waals surface area contributed by atoms with E-state index in [1.807, 2.05) is 24.3 Å². The summed E-state index contributed by atoms with van der Waals surface area (Å²) in [5.41, 5.74) is 2.71. The van der Waals surface area contributed by atoms with Gasteiger partial charge in [0.2, 0.25) is 0 Å². The van der Waals surface area contributed by atoms with E-state index < -0.39 is 0 Å². The SMILES string of the molecule is O=Cc1cc2cnccc2c2c1C=CCN2. The molecular weight excluding hydrogens is 200 g/mol. The van der Waals surface area contributed by atoms with Crippen LogP contribution in [0.4, 0.5) is 5.69 Å². The fraction of sp³-hybridized carbons (Fsp3) is 0.0769. The first-order chi connectivity index (χ1) is 7.90. The Morgan fingerprint density at radius 3 is 3.25 bits per heavy atom. The molecule has 1 aromatic carbocycles. The van der Waals surface area contributed by atoms with Gasteiger partial charge >= 0.3 is 0 Å². The molecule has 1 aliphatic rings. The number of benzene rings is 1. The number of carbonyl (C=O) groups is 1. The minimum Gasteiger partial charge on any atom is -0.381 e. The van der Waals surface area contributed by atoms with Crippen LogP contribution >= 0.6 is 0 Å². The van der Waals surface area contributed by atoms with Crippen LogP contribution in [0, 0.1) is 0 Å². The molecule has 0 atom stereocenters. The Morgan fingerprint density at radius 1 is 1.44 bits per heavy atom. The van der Waals surface area contributed by atoms with Crippen LogP contribution in [0.3, 0.4) is 0 Å². The summed E-state index contributed by atoms with van der Waals surface area (Å²) < 4.78 is 0. The van der Waals surface area contributed by atoms with Crippen LogP contribution < -0.4 is 5.32 Å². The van der Waals surface area contributed by atoms with Gasteiger partial charge in [-0.25, -0.2) is 0 Å². The highest BCUT2D eigenvalue weighted by Crippen LogP contribution is 2.32. The smallest absolute Gasteiger partial charge is 0.150 e. The molecule has 0 radical (unpaired) electrons. The normalized spacial score (nSPS) is 13.2. The third-order valence-electron chi connectivity index (χ3n) is 2.82. The summed E-state index contributed by atoms with van der Waals surface area (Å²) in [6.07, 6.45) is 8.45. The molecular formula is C13H10N2O. The van der Waals surface area contributed by atoms with E-state index in [1.54, 1.807) is 12.4 Å². The Kier molecular flexibility index (Phi) is 1.96. The number of aldehydes is 1. The van der Waals surface area contributed by atoms with Gasteiger partial charge < -0.3 is 5.32 Å². The number of anilines is 1. The summed E-state index contributed by atoms with van der Waals surface area (Å²) in [6.45, 7) is 0.798. The number of nitrogens with one attached hydrogen (secondary N) is 1. The first-order valence-corrected chi connectivity index (χ1v) is 5.16. The van der Waals surface area contributed by atoms with Crippen LogP contribution in [0.2, 0.25) is 0 Å². The molecule has 0 unspecified atom stereocenters. The average Bonchev–Trinajstić information content (AvgIpc) is 2.38. The highest BCUT2D eigenvalue weighted by atomic mass is 16.1. The lowest BCUT2D eigenvalue weighted by Gasteiger charge is -2.17. The summed E-state index contributed by atoms with van der Waals surface area (Å²) in [4.78, 5) is 15.1. The predicted octanol–water partition coefficient (Wildman–Crippen LogP) is 2.49. The van der Waals surface area contributed by atoms with Crippen molar-refractivity contribution < 1.29 is 4.79 Å². The van der Waals surface area contributed by atoms with Gasteiger partial charge in [-0.2, -0.15) is 0 Å². The molecule has 0 bridgehead atoms. The van der Waals surface area contributed by atoms with Crippen molar-refractivity contribution >= 4 is 28.8 Å². The van der Waals surface area contributed by atoms with Gasteiger partial charge in [-0.15, -0.1) is 0 Å². The summed E-state index contributed by atoms with van der Waals surface area (Å²) >= 11 is 0. The molecule has 2 aromatic rings. The van der Waals surface area contributed by atoms with Crippen molar-refractivity contribution in [3.05, 3.63) is 41.7 Å². The van der Waals surface area contributed by atoms with Crippen molar-refractivity contribution in [1.29, 1.82) is 0 Å². The number of hydrogen-bond donors (Lipinski definition) is 1. The van der Waals surface area contributed by atoms with E-state index in [9.17, 15) is 4.79 Å². The zero-order valence-corrected chi connectivity index (χ0v) is 8.60.